The van der Waals surface area contributed by atoms with Gasteiger partial charge in [-0.25, -0.2) is 0 Å². The number of thioether (sulfide) groups is 4. The third kappa shape index (κ3) is 10.2. The highest BCUT2D eigenvalue weighted by Crippen LogP contribution is 2.54. The van der Waals surface area contributed by atoms with E-state index in [4.69, 9.17) is 18.9 Å². The summed E-state index contributed by atoms with van der Waals surface area (Å²) in [5.74, 6) is 10.7. The Hall–Kier alpha value is 1.24. The average Bonchev–Trinajstić information content (AvgIpc) is 3.91. The van der Waals surface area contributed by atoms with Crippen molar-refractivity contribution < 1.29 is 18.9 Å². The molecule has 4 saturated heterocycles. The highest BCUT2D eigenvalue weighted by Gasteiger charge is 2.47. The topological polar surface area (TPSA) is 36.9 Å². The molecule has 4 aliphatic heterocycles. The van der Waals surface area contributed by atoms with Crippen molar-refractivity contribution >= 4 is 47.0 Å². The van der Waals surface area contributed by atoms with Crippen molar-refractivity contribution in [2.45, 2.75) is 148 Å². The largest absolute Gasteiger partial charge is 0.377 e. The first-order valence-corrected chi connectivity index (χ1v) is 23.9. The van der Waals surface area contributed by atoms with Gasteiger partial charge >= 0.3 is 0 Å². The molecule has 0 radical (unpaired) electrons. The van der Waals surface area contributed by atoms with Gasteiger partial charge in [0.2, 0.25) is 0 Å². The highest BCUT2D eigenvalue weighted by atomic mass is 32.2. The van der Waals surface area contributed by atoms with Gasteiger partial charge in [-0.2, -0.15) is 47.0 Å². The summed E-state index contributed by atoms with van der Waals surface area (Å²) in [7, 11) is 0. The summed E-state index contributed by atoms with van der Waals surface area (Å²) < 4.78 is 25.9. The van der Waals surface area contributed by atoms with E-state index in [0.717, 1.165) is 82.9 Å². The minimum Gasteiger partial charge on any atom is -0.377 e. The maximum atomic E-state index is 6.48. The summed E-state index contributed by atoms with van der Waals surface area (Å²) in [4.78, 5) is 0. The lowest BCUT2D eigenvalue weighted by Gasteiger charge is -2.51. The Morgan fingerprint density at radius 2 is 0.522 bits per heavy atom. The van der Waals surface area contributed by atoms with E-state index in [-0.39, 0.29) is 0 Å². The van der Waals surface area contributed by atoms with Crippen LogP contribution >= 0.6 is 47.0 Å². The van der Waals surface area contributed by atoms with Crippen LogP contribution in [0.3, 0.4) is 0 Å². The zero-order valence-electron chi connectivity index (χ0n) is 28.3. The van der Waals surface area contributed by atoms with Crippen LogP contribution < -0.4 is 0 Å². The van der Waals surface area contributed by atoms with Crippen molar-refractivity contribution in [3.05, 3.63) is 0 Å². The third-order valence-electron chi connectivity index (χ3n) is 13.2. The van der Waals surface area contributed by atoms with Gasteiger partial charge in [0, 0.05) is 44.0 Å². The standard InChI is InChI=1S/C38H62O4S4/c1-9-29(39-17-33-21-43-33)10-2-25(1)37(26-3-11-30(12-4-26)40-18-34-22-44-34)38(27-5-13-31(14-6-27)41-19-35-23-45-35)28-7-15-32(16-8-28)42-20-36-24-46-36/h25-38H,1-24H2. The molecular weight excluding hydrogens is 649 g/mol. The van der Waals surface area contributed by atoms with E-state index in [1.807, 2.05) is 0 Å². The fourth-order valence-electron chi connectivity index (χ4n) is 10.2. The van der Waals surface area contributed by atoms with Crippen molar-refractivity contribution in [2.24, 2.45) is 35.5 Å². The van der Waals surface area contributed by atoms with Gasteiger partial charge < -0.3 is 18.9 Å². The Labute approximate surface area is 297 Å². The molecule has 8 aliphatic rings. The zero-order chi connectivity index (χ0) is 30.7. The molecular formula is C38H62O4S4. The molecule has 0 amide bonds. The quantitative estimate of drug-likeness (QED) is 0.139. The van der Waals surface area contributed by atoms with E-state index >= 15 is 0 Å². The van der Waals surface area contributed by atoms with Crippen LogP contribution in [0.25, 0.3) is 0 Å². The molecule has 0 spiro atoms. The molecule has 0 aromatic rings. The molecule has 0 N–H and O–H groups in total. The van der Waals surface area contributed by atoms with Crippen LogP contribution in [0.15, 0.2) is 0 Å². The second kappa shape index (κ2) is 16.7. The van der Waals surface area contributed by atoms with E-state index in [1.165, 1.54) is 126 Å². The maximum absolute atomic E-state index is 6.48. The predicted octanol–water partition coefficient (Wildman–Crippen LogP) is 8.98. The number of hydrogen-bond donors (Lipinski definition) is 0. The molecule has 8 rings (SSSR count). The minimum absolute atomic E-state index is 0.524. The first-order chi connectivity index (χ1) is 22.7. The number of rotatable bonds is 17. The molecule has 4 atom stereocenters. The van der Waals surface area contributed by atoms with E-state index in [2.05, 4.69) is 47.0 Å². The van der Waals surface area contributed by atoms with E-state index < -0.39 is 0 Å². The molecule has 8 fully saturated rings. The minimum atomic E-state index is 0.524. The second-order valence-corrected chi connectivity index (χ2v) is 21.8. The molecule has 4 aliphatic carbocycles. The second-order valence-electron chi connectivity index (χ2n) is 16.5. The summed E-state index contributed by atoms with van der Waals surface area (Å²) in [6.07, 6.45) is 23.8. The smallest absolute Gasteiger partial charge is 0.0596 e. The summed E-state index contributed by atoms with van der Waals surface area (Å²) in [5, 5.41) is 3.20. The Morgan fingerprint density at radius 3 is 0.696 bits per heavy atom. The maximum Gasteiger partial charge on any atom is 0.0596 e. The van der Waals surface area contributed by atoms with Crippen LogP contribution in [0.2, 0.25) is 0 Å². The molecule has 0 aromatic heterocycles. The number of ether oxygens (including phenoxy) is 4. The van der Waals surface area contributed by atoms with E-state index in [0.29, 0.717) is 24.4 Å². The van der Waals surface area contributed by atoms with Crippen LogP contribution in [-0.2, 0) is 18.9 Å². The van der Waals surface area contributed by atoms with E-state index in [9.17, 15) is 0 Å². The molecule has 8 heteroatoms. The van der Waals surface area contributed by atoms with Crippen LogP contribution in [0.1, 0.15) is 103 Å². The average molecular weight is 711 g/mol. The monoisotopic (exact) mass is 710 g/mol. The highest BCUT2D eigenvalue weighted by molar-refractivity contribution is 8.07. The van der Waals surface area contributed by atoms with Crippen LogP contribution in [0.5, 0.6) is 0 Å². The van der Waals surface area contributed by atoms with Crippen molar-refractivity contribution in [1.82, 2.24) is 0 Å². The fourth-order valence-corrected chi connectivity index (χ4v) is 11.8. The van der Waals surface area contributed by atoms with Gasteiger partial charge in [0.05, 0.1) is 50.8 Å². The van der Waals surface area contributed by atoms with Crippen molar-refractivity contribution in [3.63, 3.8) is 0 Å². The predicted molar refractivity (Wildman–Crippen MR) is 199 cm³/mol. The van der Waals surface area contributed by atoms with Gasteiger partial charge in [0.15, 0.2) is 0 Å². The molecule has 4 saturated carbocycles. The van der Waals surface area contributed by atoms with Gasteiger partial charge in [-0.1, -0.05) is 0 Å². The van der Waals surface area contributed by atoms with Crippen molar-refractivity contribution in [1.29, 1.82) is 0 Å². The first-order valence-electron chi connectivity index (χ1n) is 19.7. The SMILES string of the molecule is C1CC(C(C2CCC(OCC3CS3)CC2)C(C2CCC(OCC3CS3)CC2)C2CCC(OCC3CS3)CC2)CCC1OCC1CS1. The summed E-state index contributed by atoms with van der Waals surface area (Å²) in [5.41, 5.74) is 0. The van der Waals surface area contributed by atoms with E-state index in [1.54, 1.807) is 0 Å². The Kier molecular flexibility index (Phi) is 12.5. The van der Waals surface area contributed by atoms with Crippen LogP contribution in [0, 0.1) is 35.5 Å². The van der Waals surface area contributed by atoms with Gasteiger partial charge in [-0.3, -0.25) is 0 Å². The third-order valence-corrected chi connectivity index (χ3v) is 16.9. The molecule has 4 nitrogen and oxygen atoms in total. The first kappa shape index (κ1) is 34.3. The summed E-state index contributed by atoms with van der Waals surface area (Å²) >= 11 is 8.33. The van der Waals surface area contributed by atoms with Gasteiger partial charge in [-0.15, -0.1) is 0 Å². The van der Waals surface area contributed by atoms with Crippen LogP contribution in [0.4, 0.5) is 0 Å². The molecule has 0 bridgehead atoms. The normalized spacial score (nSPS) is 45.1. The Morgan fingerprint density at radius 1 is 0.326 bits per heavy atom. The molecule has 0 aromatic carbocycles. The summed E-state index contributed by atoms with van der Waals surface area (Å²) in [6, 6.07) is 0. The Bertz CT molecular complexity index is 764. The van der Waals surface area contributed by atoms with Gasteiger partial charge in [0.25, 0.3) is 0 Å². The molecule has 4 unspecified atom stereocenters. The lowest BCUT2D eigenvalue weighted by Crippen LogP contribution is -2.45. The molecule has 46 heavy (non-hydrogen) atoms. The number of hydrogen-bond acceptors (Lipinski definition) is 8. The molecule has 262 valence electrons. The Balaban J connectivity index is 0.956. The summed E-state index contributed by atoms with van der Waals surface area (Å²) in [6.45, 7) is 4.02. The lowest BCUT2D eigenvalue weighted by molar-refractivity contribution is -0.0645. The van der Waals surface area contributed by atoms with Crippen molar-refractivity contribution in [2.75, 3.05) is 49.4 Å². The fraction of sp³-hybridized carbons (Fsp3) is 1.00. The lowest BCUT2D eigenvalue weighted by atomic mass is 9.55. The zero-order valence-corrected chi connectivity index (χ0v) is 31.6. The van der Waals surface area contributed by atoms with Gasteiger partial charge in [0.1, 0.15) is 0 Å². The molecule has 4 heterocycles. The van der Waals surface area contributed by atoms with Gasteiger partial charge in [-0.05, 0) is 138 Å². The van der Waals surface area contributed by atoms with Crippen LogP contribution in [-0.4, -0.2) is 94.9 Å². The van der Waals surface area contributed by atoms with Crippen molar-refractivity contribution in [3.8, 4) is 0 Å².